The van der Waals surface area contributed by atoms with Crippen LogP contribution in [0.4, 0.5) is 0 Å². The number of halogens is 2. The molecular formula is C12H17BrClNO. The molecule has 0 bridgehead atoms. The Kier molecular flexibility index (Phi) is 5.25. The molecule has 0 aromatic heterocycles. The van der Waals surface area contributed by atoms with Crippen LogP contribution in [0.1, 0.15) is 19.4 Å². The minimum atomic E-state index is -0.0922. The molecule has 0 atom stereocenters. The predicted molar refractivity (Wildman–Crippen MR) is 71.7 cm³/mol. The van der Waals surface area contributed by atoms with Crippen LogP contribution in [0.3, 0.4) is 0 Å². The first-order valence-electron chi connectivity index (χ1n) is 5.20. The number of nitrogens with one attached hydrogen (secondary N) is 1. The molecule has 0 saturated carbocycles. The zero-order valence-electron chi connectivity index (χ0n) is 9.56. The quantitative estimate of drug-likeness (QED) is 0.875. The highest BCUT2D eigenvalue weighted by Crippen LogP contribution is 2.21. The van der Waals surface area contributed by atoms with E-state index in [1.54, 1.807) is 0 Å². The summed E-state index contributed by atoms with van der Waals surface area (Å²) in [7, 11) is 0. The zero-order chi connectivity index (χ0) is 12.2. The number of hydrogen-bond donors (Lipinski definition) is 2. The van der Waals surface area contributed by atoms with Crippen LogP contribution < -0.4 is 5.32 Å². The Morgan fingerprint density at radius 3 is 2.75 bits per heavy atom. The topological polar surface area (TPSA) is 32.3 Å². The van der Waals surface area contributed by atoms with Gasteiger partial charge in [0.15, 0.2) is 0 Å². The van der Waals surface area contributed by atoms with Gasteiger partial charge in [-0.05, 0) is 23.8 Å². The maximum Gasteiger partial charge on any atom is 0.0494 e. The molecule has 0 aliphatic heterocycles. The molecule has 1 rings (SSSR count). The molecule has 1 aromatic carbocycles. The number of hydrogen-bond acceptors (Lipinski definition) is 2. The van der Waals surface area contributed by atoms with Crippen molar-refractivity contribution in [3.05, 3.63) is 33.3 Å². The van der Waals surface area contributed by atoms with Gasteiger partial charge in [-0.15, -0.1) is 0 Å². The minimum absolute atomic E-state index is 0.0922. The van der Waals surface area contributed by atoms with Crippen LogP contribution in [0.2, 0.25) is 5.02 Å². The van der Waals surface area contributed by atoms with Gasteiger partial charge in [-0.25, -0.2) is 0 Å². The van der Waals surface area contributed by atoms with Crippen molar-refractivity contribution in [3.8, 4) is 0 Å². The van der Waals surface area contributed by atoms with Crippen LogP contribution in [0.25, 0.3) is 0 Å². The molecule has 0 heterocycles. The van der Waals surface area contributed by atoms with Gasteiger partial charge < -0.3 is 10.4 Å². The van der Waals surface area contributed by atoms with Crippen molar-refractivity contribution in [1.82, 2.24) is 5.32 Å². The van der Waals surface area contributed by atoms with Crippen LogP contribution >= 0.6 is 27.5 Å². The third kappa shape index (κ3) is 4.42. The van der Waals surface area contributed by atoms with Crippen LogP contribution in [-0.2, 0) is 6.54 Å². The highest BCUT2D eigenvalue weighted by molar-refractivity contribution is 9.10. The van der Waals surface area contributed by atoms with E-state index in [9.17, 15) is 0 Å². The van der Waals surface area contributed by atoms with E-state index < -0.39 is 0 Å². The van der Waals surface area contributed by atoms with E-state index in [0.29, 0.717) is 0 Å². The van der Waals surface area contributed by atoms with Crippen LogP contribution in [0.5, 0.6) is 0 Å². The Morgan fingerprint density at radius 2 is 2.12 bits per heavy atom. The molecular weight excluding hydrogens is 289 g/mol. The first kappa shape index (κ1) is 14.0. The van der Waals surface area contributed by atoms with Crippen molar-refractivity contribution in [2.24, 2.45) is 5.41 Å². The molecule has 4 heteroatoms. The van der Waals surface area contributed by atoms with E-state index in [1.807, 2.05) is 32.0 Å². The number of aliphatic hydroxyl groups excluding tert-OH is 1. The molecule has 16 heavy (non-hydrogen) atoms. The number of aliphatic hydroxyl groups is 1. The van der Waals surface area contributed by atoms with Gasteiger partial charge in [0, 0.05) is 34.6 Å². The van der Waals surface area contributed by atoms with Crippen molar-refractivity contribution in [3.63, 3.8) is 0 Å². The molecule has 0 amide bonds. The molecule has 0 aliphatic rings. The fourth-order valence-corrected chi connectivity index (χ4v) is 1.85. The fraction of sp³-hybridized carbons (Fsp3) is 0.500. The maximum atomic E-state index is 9.12. The fourth-order valence-electron chi connectivity index (χ4n) is 1.27. The van der Waals surface area contributed by atoms with Crippen molar-refractivity contribution < 1.29 is 5.11 Å². The summed E-state index contributed by atoms with van der Waals surface area (Å²) in [5, 5.41) is 13.2. The normalized spacial score (nSPS) is 11.8. The van der Waals surface area contributed by atoms with E-state index in [1.165, 1.54) is 0 Å². The summed E-state index contributed by atoms with van der Waals surface area (Å²) in [5.41, 5.74) is 1.03. The van der Waals surface area contributed by atoms with Gasteiger partial charge in [0.2, 0.25) is 0 Å². The summed E-state index contributed by atoms with van der Waals surface area (Å²) >= 11 is 9.40. The lowest BCUT2D eigenvalue weighted by molar-refractivity contribution is 0.156. The summed E-state index contributed by atoms with van der Waals surface area (Å²) in [6, 6.07) is 5.73. The van der Waals surface area contributed by atoms with Gasteiger partial charge in [-0.3, -0.25) is 0 Å². The first-order chi connectivity index (χ1) is 7.44. The molecule has 0 spiro atoms. The highest BCUT2D eigenvalue weighted by Gasteiger charge is 2.15. The van der Waals surface area contributed by atoms with Crippen molar-refractivity contribution in [1.29, 1.82) is 0 Å². The molecule has 0 radical (unpaired) electrons. The van der Waals surface area contributed by atoms with Crippen molar-refractivity contribution in [2.75, 3.05) is 13.2 Å². The summed E-state index contributed by atoms with van der Waals surface area (Å²) in [6.45, 7) is 5.73. The Balaban J connectivity index is 2.52. The lowest BCUT2D eigenvalue weighted by Crippen LogP contribution is -2.31. The average molecular weight is 307 g/mol. The second-order valence-electron chi connectivity index (χ2n) is 4.66. The molecule has 0 saturated heterocycles. The van der Waals surface area contributed by atoms with E-state index in [-0.39, 0.29) is 12.0 Å². The molecule has 2 N–H and O–H groups in total. The smallest absolute Gasteiger partial charge is 0.0494 e. The van der Waals surface area contributed by atoms with Crippen molar-refractivity contribution in [2.45, 2.75) is 20.4 Å². The summed E-state index contributed by atoms with van der Waals surface area (Å²) in [4.78, 5) is 0. The molecule has 0 fully saturated rings. The minimum Gasteiger partial charge on any atom is -0.396 e. The Labute approximate surface area is 110 Å². The number of rotatable bonds is 5. The van der Waals surface area contributed by atoms with E-state index >= 15 is 0 Å². The van der Waals surface area contributed by atoms with E-state index in [4.69, 9.17) is 16.7 Å². The van der Waals surface area contributed by atoms with Gasteiger partial charge in [-0.1, -0.05) is 41.4 Å². The van der Waals surface area contributed by atoms with Gasteiger partial charge >= 0.3 is 0 Å². The summed E-state index contributed by atoms with van der Waals surface area (Å²) in [5.74, 6) is 0. The molecule has 1 aromatic rings. The standard InChI is InChI=1S/C12H17BrClNO/c1-12(2,8-16)7-15-6-9-5-10(14)3-4-11(9)13/h3-5,15-16H,6-8H2,1-2H3. The monoisotopic (exact) mass is 305 g/mol. The Morgan fingerprint density at radius 1 is 1.44 bits per heavy atom. The molecule has 0 aliphatic carbocycles. The zero-order valence-corrected chi connectivity index (χ0v) is 11.9. The third-order valence-corrected chi connectivity index (χ3v) is 3.36. The largest absolute Gasteiger partial charge is 0.396 e. The van der Waals surface area contributed by atoms with E-state index in [2.05, 4.69) is 21.2 Å². The second-order valence-corrected chi connectivity index (χ2v) is 5.95. The summed E-state index contributed by atoms with van der Waals surface area (Å²) in [6.07, 6.45) is 0. The first-order valence-corrected chi connectivity index (χ1v) is 6.37. The van der Waals surface area contributed by atoms with Gasteiger partial charge in [0.1, 0.15) is 0 Å². The SMILES string of the molecule is CC(C)(CO)CNCc1cc(Cl)ccc1Br. The van der Waals surface area contributed by atoms with E-state index in [0.717, 1.165) is 28.1 Å². The second kappa shape index (κ2) is 6.01. The van der Waals surface area contributed by atoms with Gasteiger partial charge in [0.05, 0.1) is 0 Å². The Hall–Kier alpha value is -0.0900. The third-order valence-electron chi connectivity index (χ3n) is 2.35. The van der Waals surface area contributed by atoms with Gasteiger partial charge in [0.25, 0.3) is 0 Å². The molecule has 90 valence electrons. The lowest BCUT2D eigenvalue weighted by Gasteiger charge is -2.22. The van der Waals surface area contributed by atoms with Gasteiger partial charge in [-0.2, -0.15) is 0 Å². The van der Waals surface area contributed by atoms with Crippen LogP contribution in [0, 0.1) is 5.41 Å². The van der Waals surface area contributed by atoms with Crippen molar-refractivity contribution >= 4 is 27.5 Å². The molecule has 2 nitrogen and oxygen atoms in total. The lowest BCUT2D eigenvalue weighted by atomic mass is 9.95. The predicted octanol–water partition coefficient (Wildman–Crippen LogP) is 3.21. The van der Waals surface area contributed by atoms with Crippen LogP contribution in [0.15, 0.2) is 22.7 Å². The maximum absolute atomic E-state index is 9.12. The highest BCUT2D eigenvalue weighted by atomic mass is 79.9. The number of benzene rings is 1. The summed E-state index contributed by atoms with van der Waals surface area (Å²) < 4.78 is 1.05. The van der Waals surface area contributed by atoms with Crippen LogP contribution in [-0.4, -0.2) is 18.3 Å². The average Bonchev–Trinajstić information content (AvgIpc) is 2.23. The Bertz CT molecular complexity index is 355. The molecule has 0 unspecified atom stereocenters.